The number of ether oxygens (including phenoxy) is 2. The lowest BCUT2D eigenvalue weighted by Gasteiger charge is -2.27. The second-order valence-corrected chi connectivity index (χ2v) is 5.78. The van der Waals surface area contributed by atoms with Crippen LogP contribution in [0.1, 0.15) is 24.0 Å². The van der Waals surface area contributed by atoms with Crippen molar-refractivity contribution in [2.24, 2.45) is 0 Å². The quantitative estimate of drug-likeness (QED) is 0.866. The number of carbonyl (C=O) groups is 1. The fourth-order valence-electron chi connectivity index (χ4n) is 3.08. The van der Waals surface area contributed by atoms with Crippen molar-refractivity contribution in [1.29, 1.82) is 0 Å². The molecule has 120 valence electrons. The van der Waals surface area contributed by atoms with Gasteiger partial charge < -0.3 is 19.7 Å². The van der Waals surface area contributed by atoms with Gasteiger partial charge in [0.2, 0.25) is 0 Å². The van der Waals surface area contributed by atoms with E-state index in [1.807, 2.05) is 6.07 Å². The van der Waals surface area contributed by atoms with E-state index in [0.29, 0.717) is 39.5 Å². The van der Waals surface area contributed by atoms with Crippen molar-refractivity contribution >= 4 is 6.03 Å². The molecule has 0 atom stereocenters. The van der Waals surface area contributed by atoms with E-state index in [-0.39, 0.29) is 6.03 Å². The van der Waals surface area contributed by atoms with E-state index in [2.05, 4.69) is 17.4 Å². The molecular formula is C17H24N2O3. The summed E-state index contributed by atoms with van der Waals surface area (Å²) in [6.07, 6.45) is 4.76. The third-order valence-electron chi connectivity index (χ3n) is 4.29. The Balaban J connectivity index is 1.44. The summed E-state index contributed by atoms with van der Waals surface area (Å²) in [5.74, 6) is 0.984. The van der Waals surface area contributed by atoms with Crippen molar-refractivity contribution in [1.82, 2.24) is 10.2 Å². The molecular weight excluding hydrogens is 280 g/mol. The topological polar surface area (TPSA) is 50.8 Å². The highest BCUT2D eigenvalue weighted by Gasteiger charge is 2.16. The molecule has 1 aromatic rings. The maximum atomic E-state index is 11.9. The highest BCUT2D eigenvalue weighted by Crippen LogP contribution is 2.29. The SMILES string of the molecule is O=C(NCCOc1cccc2c1CCCC2)N1CCOCC1. The molecule has 5 heteroatoms. The first-order valence-corrected chi connectivity index (χ1v) is 8.19. The number of amides is 2. The molecule has 1 aliphatic carbocycles. The fraction of sp³-hybridized carbons (Fsp3) is 0.588. The molecule has 0 radical (unpaired) electrons. The predicted molar refractivity (Wildman–Crippen MR) is 84.4 cm³/mol. The third-order valence-corrected chi connectivity index (χ3v) is 4.29. The number of hydrogen-bond acceptors (Lipinski definition) is 3. The summed E-state index contributed by atoms with van der Waals surface area (Å²) in [6, 6.07) is 6.27. The van der Waals surface area contributed by atoms with Crippen LogP contribution in [0.4, 0.5) is 4.79 Å². The maximum absolute atomic E-state index is 11.9. The van der Waals surface area contributed by atoms with Crippen LogP contribution in [0.3, 0.4) is 0 Å². The number of carbonyl (C=O) groups excluding carboxylic acids is 1. The van der Waals surface area contributed by atoms with E-state index in [4.69, 9.17) is 9.47 Å². The van der Waals surface area contributed by atoms with E-state index in [1.54, 1.807) is 4.90 Å². The summed E-state index contributed by atoms with van der Waals surface area (Å²) in [4.78, 5) is 13.7. The van der Waals surface area contributed by atoms with Gasteiger partial charge in [0.25, 0.3) is 0 Å². The van der Waals surface area contributed by atoms with Crippen molar-refractivity contribution < 1.29 is 14.3 Å². The zero-order valence-corrected chi connectivity index (χ0v) is 13.0. The summed E-state index contributed by atoms with van der Waals surface area (Å²) in [5.41, 5.74) is 2.77. The number of fused-ring (bicyclic) bond motifs is 1. The number of aryl methyl sites for hydroxylation is 1. The van der Waals surface area contributed by atoms with Crippen LogP contribution in [-0.2, 0) is 17.6 Å². The molecule has 5 nitrogen and oxygen atoms in total. The van der Waals surface area contributed by atoms with Gasteiger partial charge in [0.1, 0.15) is 12.4 Å². The Hall–Kier alpha value is -1.75. The zero-order chi connectivity index (χ0) is 15.2. The first kappa shape index (κ1) is 15.2. The minimum absolute atomic E-state index is 0.0259. The normalized spacial score (nSPS) is 17.7. The summed E-state index contributed by atoms with van der Waals surface area (Å²) in [6.45, 7) is 3.62. The number of benzene rings is 1. The van der Waals surface area contributed by atoms with Crippen molar-refractivity contribution in [3.05, 3.63) is 29.3 Å². The van der Waals surface area contributed by atoms with E-state index in [1.165, 1.54) is 24.0 Å². The number of rotatable bonds is 4. The van der Waals surface area contributed by atoms with Gasteiger partial charge in [-0.1, -0.05) is 12.1 Å². The molecule has 1 N–H and O–H groups in total. The van der Waals surface area contributed by atoms with Crippen LogP contribution in [0.25, 0.3) is 0 Å². The molecule has 1 aromatic carbocycles. The van der Waals surface area contributed by atoms with Gasteiger partial charge in [0.15, 0.2) is 0 Å². The molecule has 22 heavy (non-hydrogen) atoms. The van der Waals surface area contributed by atoms with Crippen molar-refractivity contribution in [2.75, 3.05) is 39.5 Å². The Morgan fingerprint density at radius 1 is 1.23 bits per heavy atom. The molecule has 1 aliphatic heterocycles. The second-order valence-electron chi connectivity index (χ2n) is 5.78. The van der Waals surface area contributed by atoms with Gasteiger partial charge in [-0.15, -0.1) is 0 Å². The van der Waals surface area contributed by atoms with Gasteiger partial charge in [-0.25, -0.2) is 4.79 Å². The Bertz CT molecular complexity index is 513. The Kier molecular flexibility index (Phi) is 5.16. The average Bonchev–Trinajstić information content (AvgIpc) is 2.59. The van der Waals surface area contributed by atoms with E-state index in [9.17, 15) is 4.79 Å². The lowest BCUT2D eigenvalue weighted by molar-refractivity contribution is 0.0530. The van der Waals surface area contributed by atoms with Crippen LogP contribution in [0, 0.1) is 0 Å². The third kappa shape index (κ3) is 3.71. The minimum atomic E-state index is -0.0259. The lowest BCUT2D eigenvalue weighted by atomic mass is 9.91. The number of morpholine rings is 1. The molecule has 2 amide bonds. The van der Waals surface area contributed by atoms with E-state index >= 15 is 0 Å². The number of hydrogen-bond donors (Lipinski definition) is 1. The smallest absolute Gasteiger partial charge is 0.317 e. The summed E-state index contributed by atoms with van der Waals surface area (Å²) in [5, 5.41) is 2.91. The van der Waals surface area contributed by atoms with Crippen LogP contribution in [0.15, 0.2) is 18.2 Å². The highest BCUT2D eigenvalue weighted by atomic mass is 16.5. The van der Waals surface area contributed by atoms with Crippen LogP contribution in [0.5, 0.6) is 5.75 Å². The molecule has 3 rings (SSSR count). The fourth-order valence-corrected chi connectivity index (χ4v) is 3.08. The van der Waals surface area contributed by atoms with Gasteiger partial charge in [-0.2, -0.15) is 0 Å². The molecule has 0 bridgehead atoms. The molecule has 2 aliphatic rings. The van der Waals surface area contributed by atoms with Gasteiger partial charge in [-0.3, -0.25) is 0 Å². The molecule has 0 spiro atoms. The maximum Gasteiger partial charge on any atom is 0.317 e. The molecule has 1 saturated heterocycles. The highest BCUT2D eigenvalue weighted by molar-refractivity contribution is 5.74. The summed E-state index contributed by atoms with van der Waals surface area (Å²) >= 11 is 0. The van der Waals surface area contributed by atoms with Crippen LogP contribution < -0.4 is 10.1 Å². The first-order valence-electron chi connectivity index (χ1n) is 8.19. The van der Waals surface area contributed by atoms with Gasteiger partial charge in [-0.05, 0) is 42.9 Å². The van der Waals surface area contributed by atoms with Crippen LogP contribution in [-0.4, -0.2) is 50.4 Å². The van der Waals surface area contributed by atoms with Crippen molar-refractivity contribution in [3.8, 4) is 5.75 Å². The van der Waals surface area contributed by atoms with Gasteiger partial charge in [0, 0.05) is 13.1 Å². The van der Waals surface area contributed by atoms with Crippen LogP contribution >= 0.6 is 0 Å². The number of nitrogens with zero attached hydrogens (tertiary/aromatic N) is 1. The van der Waals surface area contributed by atoms with Gasteiger partial charge in [0.05, 0.1) is 19.8 Å². The summed E-state index contributed by atoms with van der Waals surface area (Å²) in [7, 11) is 0. The lowest BCUT2D eigenvalue weighted by Crippen LogP contribution is -2.47. The molecule has 0 saturated carbocycles. The Morgan fingerprint density at radius 3 is 2.91 bits per heavy atom. The Morgan fingerprint density at radius 2 is 2.05 bits per heavy atom. The van der Waals surface area contributed by atoms with Crippen LogP contribution in [0.2, 0.25) is 0 Å². The second kappa shape index (κ2) is 7.49. The largest absolute Gasteiger partial charge is 0.491 e. The monoisotopic (exact) mass is 304 g/mol. The molecule has 1 heterocycles. The van der Waals surface area contributed by atoms with Gasteiger partial charge >= 0.3 is 6.03 Å². The number of nitrogens with one attached hydrogen (secondary N) is 1. The standard InChI is InChI=1S/C17H24N2O3/c20-17(19-9-12-21-13-10-19)18-8-11-22-16-7-3-5-14-4-1-2-6-15(14)16/h3,5,7H,1-2,4,6,8-13H2,(H,18,20). The van der Waals surface area contributed by atoms with Crippen molar-refractivity contribution in [2.45, 2.75) is 25.7 Å². The first-order chi connectivity index (χ1) is 10.8. The van der Waals surface area contributed by atoms with E-state index < -0.39 is 0 Å². The minimum Gasteiger partial charge on any atom is -0.491 e. The molecule has 0 unspecified atom stereocenters. The average molecular weight is 304 g/mol. The zero-order valence-electron chi connectivity index (χ0n) is 13.0. The predicted octanol–water partition coefficient (Wildman–Crippen LogP) is 1.99. The Labute approximate surface area is 131 Å². The number of urea groups is 1. The van der Waals surface area contributed by atoms with E-state index in [0.717, 1.165) is 18.6 Å². The molecule has 0 aromatic heterocycles. The molecule has 1 fully saturated rings. The summed E-state index contributed by atoms with van der Waals surface area (Å²) < 4.78 is 11.1. The van der Waals surface area contributed by atoms with Crippen molar-refractivity contribution in [3.63, 3.8) is 0 Å².